The lowest BCUT2D eigenvalue weighted by Gasteiger charge is -2.43. The number of anilines is 3. The Kier molecular flexibility index (Phi) is 5.84. The average Bonchev–Trinajstić information content (AvgIpc) is 2.74. The molecule has 4 rings (SSSR count). The number of nitrogens with one attached hydrogen (secondary N) is 1. The van der Waals surface area contributed by atoms with Crippen LogP contribution in [0.3, 0.4) is 0 Å². The van der Waals surface area contributed by atoms with Gasteiger partial charge in [-0.25, -0.2) is 9.97 Å². The average molecular weight is 470 g/mol. The molecule has 1 saturated heterocycles. The zero-order valence-electron chi connectivity index (χ0n) is 17.9. The monoisotopic (exact) mass is 469 g/mol. The smallest absolute Gasteiger partial charge is 0.227 e. The second kappa shape index (κ2) is 8.40. The van der Waals surface area contributed by atoms with Crippen molar-refractivity contribution >= 4 is 44.2 Å². The molecule has 0 atom stereocenters. The summed E-state index contributed by atoms with van der Waals surface area (Å²) in [4.78, 5) is 14.0. The molecule has 1 N–H and O–H groups in total. The number of para-hydroxylation sites is 1. The Morgan fingerprint density at radius 1 is 1.07 bits per heavy atom. The minimum atomic E-state index is 0.215. The molecule has 1 fully saturated rings. The van der Waals surface area contributed by atoms with Crippen molar-refractivity contribution in [3.05, 3.63) is 47.1 Å². The number of benzene rings is 2. The summed E-state index contributed by atoms with van der Waals surface area (Å²) in [6.45, 7) is 11.0. The third-order valence-corrected chi connectivity index (χ3v) is 6.23. The highest BCUT2D eigenvalue weighted by Gasteiger charge is 2.26. The van der Waals surface area contributed by atoms with Crippen LogP contribution in [0.2, 0.25) is 0 Å². The van der Waals surface area contributed by atoms with Crippen LogP contribution in [0, 0.1) is 0 Å². The Bertz CT molecular complexity index is 1040. The summed E-state index contributed by atoms with van der Waals surface area (Å²) in [5.41, 5.74) is 3.11. The molecule has 0 spiro atoms. The molecule has 1 aliphatic heterocycles. The number of methoxy groups -OCH3 is 1. The van der Waals surface area contributed by atoms with E-state index in [0.29, 0.717) is 5.95 Å². The summed E-state index contributed by atoms with van der Waals surface area (Å²) >= 11 is 3.56. The van der Waals surface area contributed by atoms with E-state index >= 15 is 0 Å². The fourth-order valence-electron chi connectivity index (χ4n) is 3.82. The van der Waals surface area contributed by atoms with Gasteiger partial charge in [-0.3, -0.25) is 4.90 Å². The van der Waals surface area contributed by atoms with Crippen molar-refractivity contribution in [2.24, 2.45) is 0 Å². The molecular weight excluding hydrogens is 442 g/mol. The highest BCUT2D eigenvalue weighted by molar-refractivity contribution is 9.10. The van der Waals surface area contributed by atoms with Crippen LogP contribution in [0.25, 0.3) is 10.9 Å². The van der Waals surface area contributed by atoms with Crippen LogP contribution in [-0.2, 0) is 0 Å². The molecular formula is C23H28BrN5O. The molecule has 0 bridgehead atoms. The summed E-state index contributed by atoms with van der Waals surface area (Å²) < 4.78 is 6.62. The third kappa shape index (κ3) is 4.37. The lowest BCUT2D eigenvalue weighted by Crippen LogP contribution is -2.53. The number of rotatable bonds is 4. The van der Waals surface area contributed by atoms with E-state index in [4.69, 9.17) is 4.74 Å². The minimum Gasteiger partial charge on any atom is -0.494 e. The molecule has 7 heteroatoms. The molecule has 3 aromatic rings. The highest BCUT2D eigenvalue weighted by atomic mass is 79.9. The van der Waals surface area contributed by atoms with Crippen molar-refractivity contribution in [2.75, 3.05) is 43.5 Å². The van der Waals surface area contributed by atoms with E-state index in [1.54, 1.807) is 7.11 Å². The summed E-state index contributed by atoms with van der Waals surface area (Å²) in [5, 5.41) is 4.30. The number of hydrogen-bond donors (Lipinski definition) is 1. The van der Waals surface area contributed by atoms with E-state index in [1.165, 1.54) is 5.69 Å². The molecule has 6 nitrogen and oxygen atoms in total. The second-order valence-corrected chi connectivity index (χ2v) is 9.38. The van der Waals surface area contributed by atoms with Crippen LogP contribution in [-0.4, -0.2) is 53.7 Å². The van der Waals surface area contributed by atoms with Gasteiger partial charge in [-0.1, -0.05) is 12.1 Å². The van der Waals surface area contributed by atoms with E-state index in [-0.39, 0.29) is 5.54 Å². The van der Waals surface area contributed by atoms with Crippen LogP contribution in [0.15, 0.2) is 47.1 Å². The number of halogens is 1. The number of fused-ring (bicyclic) bond motifs is 1. The zero-order valence-corrected chi connectivity index (χ0v) is 19.5. The zero-order chi connectivity index (χ0) is 21.3. The molecule has 1 aromatic heterocycles. The Morgan fingerprint density at radius 2 is 1.83 bits per heavy atom. The maximum absolute atomic E-state index is 5.67. The lowest BCUT2D eigenvalue weighted by atomic mass is 10.0. The summed E-state index contributed by atoms with van der Waals surface area (Å²) in [6, 6.07) is 12.2. The van der Waals surface area contributed by atoms with Crippen molar-refractivity contribution in [1.82, 2.24) is 14.9 Å². The standard InChI is InChI=1S/C23H28BrN5O/c1-23(2,3)29-12-10-28(11-13-29)17-8-9-19(20(14-17)30-4)26-22-25-15-16-6-5-7-18(24)21(16)27-22/h5-9,14-15H,10-13H2,1-4H3,(H,25,26,27). The van der Waals surface area contributed by atoms with Gasteiger partial charge in [0.15, 0.2) is 0 Å². The van der Waals surface area contributed by atoms with E-state index < -0.39 is 0 Å². The summed E-state index contributed by atoms with van der Waals surface area (Å²) in [7, 11) is 1.69. The molecule has 0 saturated carbocycles. The molecule has 1 aliphatic rings. The van der Waals surface area contributed by atoms with Gasteiger partial charge in [0.2, 0.25) is 5.95 Å². The van der Waals surface area contributed by atoms with Crippen LogP contribution < -0.4 is 15.0 Å². The van der Waals surface area contributed by atoms with Crippen LogP contribution >= 0.6 is 15.9 Å². The van der Waals surface area contributed by atoms with Crippen molar-refractivity contribution in [1.29, 1.82) is 0 Å². The Hall–Kier alpha value is -2.38. The number of nitrogens with zero attached hydrogens (tertiary/aromatic N) is 4. The predicted octanol–water partition coefficient (Wildman–Crippen LogP) is 5.07. The van der Waals surface area contributed by atoms with Crippen molar-refractivity contribution in [3.63, 3.8) is 0 Å². The second-order valence-electron chi connectivity index (χ2n) is 8.53. The van der Waals surface area contributed by atoms with Gasteiger partial charge in [-0.2, -0.15) is 0 Å². The van der Waals surface area contributed by atoms with E-state index in [9.17, 15) is 0 Å². The molecule has 158 valence electrons. The van der Waals surface area contributed by atoms with Gasteiger partial charge < -0.3 is 15.0 Å². The third-order valence-electron chi connectivity index (χ3n) is 5.59. The molecule has 0 radical (unpaired) electrons. The highest BCUT2D eigenvalue weighted by Crippen LogP contribution is 2.33. The first-order valence-corrected chi connectivity index (χ1v) is 11.0. The SMILES string of the molecule is COc1cc(N2CCN(C(C)(C)C)CC2)ccc1Nc1ncc2cccc(Br)c2n1. The van der Waals surface area contributed by atoms with Gasteiger partial charge in [0.1, 0.15) is 5.75 Å². The molecule has 2 aromatic carbocycles. The first-order valence-electron chi connectivity index (χ1n) is 10.2. The van der Waals surface area contributed by atoms with Crippen LogP contribution in [0.4, 0.5) is 17.3 Å². The molecule has 0 unspecified atom stereocenters. The minimum absolute atomic E-state index is 0.215. The van der Waals surface area contributed by atoms with Gasteiger partial charge in [0, 0.05) is 59.5 Å². The lowest BCUT2D eigenvalue weighted by molar-refractivity contribution is 0.128. The normalized spacial score (nSPS) is 15.4. The van der Waals surface area contributed by atoms with Gasteiger partial charge in [0.05, 0.1) is 18.3 Å². The van der Waals surface area contributed by atoms with Gasteiger partial charge in [-0.15, -0.1) is 0 Å². The molecule has 0 aliphatic carbocycles. The maximum Gasteiger partial charge on any atom is 0.227 e. The number of aromatic nitrogens is 2. The van der Waals surface area contributed by atoms with Gasteiger partial charge >= 0.3 is 0 Å². The summed E-state index contributed by atoms with van der Waals surface area (Å²) in [5.74, 6) is 1.32. The van der Waals surface area contributed by atoms with E-state index in [2.05, 4.69) is 73.9 Å². The Labute approximate surface area is 186 Å². The molecule has 30 heavy (non-hydrogen) atoms. The van der Waals surface area contributed by atoms with Crippen molar-refractivity contribution < 1.29 is 4.74 Å². The van der Waals surface area contributed by atoms with Crippen molar-refractivity contribution in [3.8, 4) is 5.75 Å². The topological polar surface area (TPSA) is 53.5 Å². The first-order chi connectivity index (χ1) is 14.3. The first kappa shape index (κ1) is 20.9. The van der Waals surface area contributed by atoms with Gasteiger partial charge in [-0.05, 0) is 54.9 Å². The fraction of sp³-hybridized carbons (Fsp3) is 0.391. The maximum atomic E-state index is 5.67. The van der Waals surface area contributed by atoms with Gasteiger partial charge in [0.25, 0.3) is 0 Å². The Morgan fingerprint density at radius 3 is 2.53 bits per heavy atom. The fourth-order valence-corrected chi connectivity index (χ4v) is 4.29. The number of ether oxygens (including phenoxy) is 1. The van der Waals surface area contributed by atoms with E-state index in [0.717, 1.165) is 53.0 Å². The quantitative estimate of drug-likeness (QED) is 0.575. The predicted molar refractivity (Wildman–Crippen MR) is 127 cm³/mol. The summed E-state index contributed by atoms with van der Waals surface area (Å²) in [6.07, 6.45) is 1.82. The Balaban J connectivity index is 1.53. The number of piperazine rings is 1. The van der Waals surface area contributed by atoms with Crippen LogP contribution in [0.5, 0.6) is 5.75 Å². The number of hydrogen-bond acceptors (Lipinski definition) is 6. The van der Waals surface area contributed by atoms with Crippen LogP contribution in [0.1, 0.15) is 20.8 Å². The van der Waals surface area contributed by atoms with E-state index in [1.807, 2.05) is 30.5 Å². The molecule has 0 amide bonds. The molecule has 2 heterocycles. The largest absolute Gasteiger partial charge is 0.494 e. The van der Waals surface area contributed by atoms with Crippen molar-refractivity contribution in [2.45, 2.75) is 26.3 Å².